The third-order valence-corrected chi connectivity index (χ3v) is 3.40. The van der Waals surface area contributed by atoms with Crippen molar-refractivity contribution in [3.8, 4) is 0 Å². The fraction of sp³-hybridized carbons (Fsp3) is 0.650. The molecule has 0 radical (unpaired) electrons. The predicted octanol–water partition coefficient (Wildman–Crippen LogP) is 6.56. The molecular formula is C20H34O. The molecule has 0 aliphatic heterocycles. The van der Waals surface area contributed by atoms with Crippen LogP contribution in [0.25, 0.3) is 0 Å². The van der Waals surface area contributed by atoms with Gasteiger partial charge >= 0.3 is 0 Å². The van der Waals surface area contributed by atoms with E-state index < -0.39 is 0 Å². The molecule has 0 aromatic rings. The number of allylic oxidation sites excluding steroid dienone is 6. The standard InChI is InChI=1S/C20H34O/c1-3-4-5-6-7-8-9-10-11-12-13-14-15-16-17-18-19-20(2)21/h5-6,8-9,11-12H,3-4,7,10,13-19H2,1-2H3/b6-5-,9-8-,12-11-. The van der Waals surface area contributed by atoms with Crippen molar-refractivity contribution in [1.82, 2.24) is 0 Å². The molecule has 0 aromatic carbocycles. The molecule has 0 spiro atoms. The van der Waals surface area contributed by atoms with E-state index in [1.165, 1.54) is 44.9 Å². The van der Waals surface area contributed by atoms with Gasteiger partial charge in [0.15, 0.2) is 0 Å². The first-order valence-electron chi connectivity index (χ1n) is 8.71. The van der Waals surface area contributed by atoms with Crippen LogP contribution in [0.1, 0.15) is 84.5 Å². The van der Waals surface area contributed by atoms with Gasteiger partial charge in [0.25, 0.3) is 0 Å². The zero-order chi connectivity index (χ0) is 15.6. The molecule has 0 N–H and O–H groups in total. The van der Waals surface area contributed by atoms with Crippen molar-refractivity contribution in [2.24, 2.45) is 0 Å². The molecule has 1 nitrogen and oxygen atoms in total. The van der Waals surface area contributed by atoms with Gasteiger partial charge < -0.3 is 4.79 Å². The maximum atomic E-state index is 10.8. The summed E-state index contributed by atoms with van der Waals surface area (Å²) in [5.41, 5.74) is 0. The Morgan fingerprint density at radius 2 is 1.24 bits per heavy atom. The van der Waals surface area contributed by atoms with E-state index >= 15 is 0 Å². The highest BCUT2D eigenvalue weighted by molar-refractivity contribution is 5.75. The van der Waals surface area contributed by atoms with Crippen molar-refractivity contribution >= 4 is 5.78 Å². The Morgan fingerprint density at radius 3 is 1.86 bits per heavy atom. The van der Waals surface area contributed by atoms with Gasteiger partial charge in [0.05, 0.1) is 0 Å². The Bertz CT molecular complexity index is 310. The summed E-state index contributed by atoms with van der Waals surface area (Å²) in [6.07, 6.45) is 26.2. The van der Waals surface area contributed by atoms with Gasteiger partial charge in [-0.1, -0.05) is 69.1 Å². The molecule has 0 bridgehead atoms. The second-order valence-electron chi connectivity index (χ2n) is 5.68. The number of ketones is 1. The smallest absolute Gasteiger partial charge is 0.129 e. The van der Waals surface area contributed by atoms with Crippen LogP contribution in [0.5, 0.6) is 0 Å². The molecule has 0 aliphatic rings. The number of carbonyl (C=O) groups excluding carboxylic acids is 1. The highest BCUT2D eigenvalue weighted by Gasteiger charge is 1.93. The Balaban J connectivity index is 3.25. The van der Waals surface area contributed by atoms with Crippen LogP contribution in [-0.4, -0.2) is 5.78 Å². The number of hydrogen-bond donors (Lipinski definition) is 0. The van der Waals surface area contributed by atoms with Crippen molar-refractivity contribution in [2.45, 2.75) is 84.5 Å². The Labute approximate surface area is 132 Å². The summed E-state index contributed by atoms with van der Waals surface area (Å²) >= 11 is 0. The second-order valence-corrected chi connectivity index (χ2v) is 5.68. The molecule has 1 heteroatoms. The van der Waals surface area contributed by atoms with Crippen LogP contribution in [0.3, 0.4) is 0 Å². The zero-order valence-electron chi connectivity index (χ0n) is 14.2. The Morgan fingerprint density at radius 1 is 0.714 bits per heavy atom. The molecule has 0 atom stereocenters. The van der Waals surface area contributed by atoms with Crippen LogP contribution in [0.15, 0.2) is 36.5 Å². The average Bonchev–Trinajstić information content (AvgIpc) is 2.46. The summed E-state index contributed by atoms with van der Waals surface area (Å²) in [5, 5.41) is 0. The van der Waals surface area contributed by atoms with E-state index in [-0.39, 0.29) is 0 Å². The van der Waals surface area contributed by atoms with E-state index in [4.69, 9.17) is 0 Å². The van der Waals surface area contributed by atoms with Gasteiger partial charge in [0, 0.05) is 6.42 Å². The lowest BCUT2D eigenvalue weighted by Gasteiger charge is -1.98. The summed E-state index contributed by atoms with van der Waals surface area (Å²) in [7, 11) is 0. The molecule has 0 amide bonds. The van der Waals surface area contributed by atoms with Crippen molar-refractivity contribution in [2.75, 3.05) is 0 Å². The molecule has 0 fully saturated rings. The summed E-state index contributed by atoms with van der Waals surface area (Å²) in [4.78, 5) is 10.8. The molecule has 21 heavy (non-hydrogen) atoms. The number of rotatable bonds is 14. The normalized spacial score (nSPS) is 12.1. The fourth-order valence-corrected chi connectivity index (χ4v) is 2.11. The molecular weight excluding hydrogens is 256 g/mol. The first-order chi connectivity index (χ1) is 10.3. The van der Waals surface area contributed by atoms with Gasteiger partial charge in [-0.05, 0) is 45.4 Å². The van der Waals surface area contributed by atoms with E-state index in [0.717, 1.165) is 25.7 Å². The highest BCUT2D eigenvalue weighted by Crippen LogP contribution is 2.08. The minimum atomic E-state index is 0.326. The maximum absolute atomic E-state index is 10.8. The minimum Gasteiger partial charge on any atom is -0.300 e. The number of Topliss-reactive ketones (excluding diaryl/α,β-unsaturated/α-hetero) is 1. The molecule has 0 unspecified atom stereocenters. The van der Waals surface area contributed by atoms with Crippen LogP contribution in [0.2, 0.25) is 0 Å². The van der Waals surface area contributed by atoms with Crippen LogP contribution in [-0.2, 0) is 4.79 Å². The Hall–Kier alpha value is -1.11. The summed E-state index contributed by atoms with van der Waals surface area (Å²) in [6.45, 7) is 3.89. The lowest BCUT2D eigenvalue weighted by atomic mass is 10.1. The van der Waals surface area contributed by atoms with Gasteiger partial charge in [-0.25, -0.2) is 0 Å². The van der Waals surface area contributed by atoms with Crippen molar-refractivity contribution < 1.29 is 4.79 Å². The largest absolute Gasteiger partial charge is 0.300 e. The first-order valence-corrected chi connectivity index (χ1v) is 8.71. The topological polar surface area (TPSA) is 17.1 Å². The molecule has 0 heterocycles. The van der Waals surface area contributed by atoms with E-state index in [2.05, 4.69) is 43.4 Å². The molecule has 0 aliphatic carbocycles. The van der Waals surface area contributed by atoms with Gasteiger partial charge in [-0.3, -0.25) is 0 Å². The lowest BCUT2D eigenvalue weighted by molar-refractivity contribution is -0.117. The van der Waals surface area contributed by atoms with E-state index in [1.807, 2.05) is 0 Å². The lowest BCUT2D eigenvalue weighted by Crippen LogP contribution is -1.89. The fourth-order valence-electron chi connectivity index (χ4n) is 2.11. The average molecular weight is 290 g/mol. The van der Waals surface area contributed by atoms with E-state index in [9.17, 15) is 4.79 Å². The third kappa shape index (κ3) is 18.9. The van der Waals surface area contributed by atoms with Crippen molar-refractivity contribution in [1.29, 1.82) is 0 Å². The predicted molar refractivity (Wildman–Crippen MR) is 94.6 cm³/mol. The third-order valence-electron chi connectivity index (χ3n) is 3.40. The number of hydrogen-bond acceptors (Lipinski definition) is 1. The van der Waals surface area contributed by atoms with Crippen LogP contribution >= 0.6 is 0 Å². The molecule has 120 valence electrons. The van der Waals surface area contributed by atoms with Crippen LogP contribution < -0.4 is 0 Å². The SMILES string of the molecule is CCC/C=C\C/C=C\C/C=C\CCCCCCCC(C)=O. The molecule has 0 aromatic heterocycles. The first kappa shape index (κ1) is 19.9. The second kappa shape index (κ2) is 16.9. The summed E-state index contributed by atoms with van der Waals surface area (Å²) in [6, 6.07) is 0. The monoisotopic (exact) mass is 290 g/mol. The quantitative estimate of drug-likeness (QED) is 0.262. The zero-order valence-corrected chi connectivity index (χ0v) is 14.2. The van der Waals surface area contributed by atoms with E-state index in [1.54, 1.807) is 6.92 Å². The summed E-state index contributed by atoms with van der Waals surface area (Å²) in [5.74, 6) is 0.326. The van der Waals surface area contributed by atoms with Crippen LogP contribution in [0.4, 0.5) is 0 Å². The number of unbranched alkanes of at least 4 members (excludes halogenated alkanes) is 6. The summed E-state index contributed by atoms with van der Waals surface area (Å²) < 4.78 is 0. The van der Waals surface area contributed by atoms with Crippen molar-refractivity contribution in [3.05, 3.63) is 36.5 Å². The minimum absolute atomic E-state index is 0.326. The van der Waals surface area contributed by atoms with E-state index in [0.29, 0.717) is 5.78 Å². The van der Waals surface area contributed by atoms with Crippen molar-refractivity contribution in [3.63, 3.8) is 0 Å². The molecule has 0 rings (SSSR count). The highest BCUT2D eigenvalue weighted by atomic mass is 16.1. The van der Waals surface area contributed by atoms with Gasteiger partial charge in [0.2, 0.25) is 0 Å². The van der Waals surface area contributed by atoms with Crippen LogP contribution in [0, 0.1) is 0 Å². The maximum Gasteiger partial charge on any atom is 0.129 e. The molecule has 0 saturated heterocycles. The van der Waals surface area contributed by atoms with Gasteiger partial charge in [-0.15, -0.1) is 0 Å². The number of carbonyl (C=O) groups is 1. The Kier molecular flexibility index (Phi) is 16.0. The molecule has 0 saturated carbocycles. The van der Waals surface area contributed by atoms with Gasteiger partial charge in [0.1, 0.15) is 5.78 Å². The van der Waals surface area contributed by atoms with Gasteiger partial charge in [-0.2, -0.15) is 0 Å².